The Morgan fingerprint density at radius 3 is 2.42 bits per heavy atom. The van der Waals surface area contributed by atoms with Gasteiger partial charge in [0.15, 0.2) is 0 Å². The predicted molar refractivity (Wildman–Crippen MR) is 75.0 cm³/mol. The molecule has 0 spiro atoms. The lowest BCUT2D eigenvalue weighted by Crippen LogP contribution is -2.12. The van der Waals surface area contributed by atoms with E-state index < -0.39 is 0 Å². The average Bonchev–Trinajstić information content (AvgIpc) is 2.78. The number of nitrogens with one attached hydrogen (secondary N) is 1. The van der Waals surface area contributed by atoms with Gasteiger partial charge in [0.05, 0.1) is 5.69 Å². The van der Waals surface area contributed by atoms with E-state index in [-0.39, 0.29) is 11.7 Å². The van der Waals surface area contributed by atoms with Gasteiger partial charge in [-0.05, 0) is 24.3 Å². The highest BCUT2D eigenvalue weighted by molar-refractivity contribution is 6.10. The molecule has 0 unspecified atom stereocenters. The van der Waals surface area contributed by atoms with Crippen LogP contribution in [0.2, 0.25) is 0 Å². The topological polar surface area (TPSA) is 68.3 Å². The minimum Gasteiger partial charge on any atom is -0.449 e. The molecule has 4 heteroatoms. The van der Waals surface area contributed by atoms with Gasteiger partial charge in [-0.3, -0.25) is 4.79 Å². The lowest BCUT2D eigenvalue weighted by molar-refractivity contribution is 0.1000. The molecule has 0 saturated heterocycles. The summed E-state index contributed by atoms with van der Waals surface area (Å²) in [4.78, 5) is 12.1. The molecule has 0 radical (unpaired) electrons. The molecule has 0 bridgehead atoms. The van der Waals surface area contributed by atoms with E-state index in [1.807, 2.05) is 36.4 Å². The summed E-state index contributed by atoms with van der Waals surface area (Å²) in [5.41, 5.74) is 7.61. The lowest BCUT2D eigenvalue weighted by atomic mass is 10.2. The fourth-order valence-electron chi connectivity index (χ4n) is 1.94. The summed E-state index contributed by atoms with van der Waals surface area (Å²) >= 11 is 0. The Morgan fingerprint density at radius 1 is 1.00 bits per heavy atom. The minimum atomic E-state index is -0.347. The molecule has 4 nitrogen and oxygen atoms in total. The Hall–Kier alpha value is -2.75. The molecule has 1 amide bonds. The van der Waals surface area contributed by atoms with Crippen LogP contribution in [0, 0.1) is 0 Å². The van der Waals surface area contributed by atoms with E-state index in [0.29, 0.717) is 17.0 Å². The van der Waals surface area contributed by atoms with Gasteiger partial charge in [-0.25, -0.2) is 0 Å². The Bertz CT molecular complexity index is 732. The van der Waals surface area contributed by atoms with Gasteiger partial charge < -0.3 is 15.5 Å². The van der Waals surface area contributed by atoms with Crippen LogP contribution in [-0.2, 0) is 0 Å². The molecular weight excluding hydrogens is 240 g/mol. The van der Waals surface area contributed by atoms with Crippen molar-refractivity contribution in [3.8, 4) is 0 Å². The Balaban J connectivity index is 1.96. The third kappa shape index (κ3) is 2.04. The molecule has 3 aromatic rings. The Labute approximate surface area is 109 Å². The van der Waals surface area contributed by atoms with Crippen molar-refractivity contribution in [1.29, 1.82) is 0 Å². The monoisotopic (exact) mass is 252 g/mol. The highest BCUT2D eigenvalue weighted by Gasteiger charge is 2.18. The van der Waals surface area contributed by atoms with Gasteiger partial charge in [0.1, 0.15) is 5.58 Å². The van der Waals surface area contributed by atoms with Crippen molar-refractivity contribution in [3.63, 3.8) is 0 Å². The Morgan fingerprint density at radius 2 is 1.68 bits per heavy atom. The maximum absolute atomic E-state index is 12.1. The van der Waals surface area contributed by atoms with Gasteiger partial charge in [0.2, 0.25) is 5.76 Å². The standard InChI is InChI=1S/C15H12N2O2/c16-13-11-8-4-5-9-12(11)19-14(13)15(18)17-10-6-2-1-3-7-10/h1-9H,16H2,(H,17,18). The number of anilines is 2. The van der Waals surface area contributed by atoms with Gasteiger partial charge in [0, 0.05) is 11.1 Å². The van der Waals surface area contributed by atoms with Crippen molar-refractivity contribution in [2.45, 2.75) is 0 Å². The van der Waals surface area contributed by atoms with Crippen LogP contribution in [0.3, 0.4) is 0 Å². The summed E-state index contributed by atoms with van der Waals surface area (Å²) in [5, 5.41) is 3.50. The zero-order valence-corrected chi connectivity index (χ0v) is 10.1. The Kier molecular flexibility index (Phi) is 2.68. The third-order valence-electron chi connectivity index (χ3n) is 2.87. The van der Waals surface area contributed by atoms with Crippen LogP contribution in [0.1, 0.15) is 10.6 Å². The normalized spacial score (nSPS) is 10.5. The first-order valence-electron chi connectivity index (χ1n) is 5.89. The number of carbonyl (C=O) groups excluding carboxylic acids is 1. The van der Waals surface area contributed by atoms with E-state index in [2.05, 4.69) is 5.32 Å². The molecule has 0 aliphatic carbocycles. The molecule has 0 fully saturated rings. The fraction of sp³-hybridized carbons (Fsp3) is 0. The lowest BCUT2D eigenvalue weighted by Gasteiger charge is -2.02. The minimum absolute atomic E-state index is 0.144. The molecule has 2 aromatic carbocycles. The van der Waals surface area contributed by atoms with Crippen LogP contribution >= 0.6 is 0 Å². The largest absolute Gasteiger partial charge is 0.449 e. The van der Waals surface area contributed by atoms with Crippen LogP contribution < -0.4 is 11.1 Å². The molecule has 0 saturated carbocycles. The third-order valence-corrected chi connectivity index (χ3v) is 2.87. The molecule has 3 N–H and O–H groups in total. The van der Waals surface area contributed by atoms with Crippen molar-refractivity contribution < 1.29 is 9.21 Å². The van der Waals surface area contributed by atoms with Crippen molar-refractivity contribution in [2.24, 2.45) is 0 Å². The molecule has 94 valence electrons. The first-order valence-corrected chi connectivity index (χ1v) is 5.89. The SMILES string of the molecule is Nc1c(C(=O)Nc2ccccc2)oc2ccccc12. The van der Waals surface area contributed by atoms with Crippen LogP contribution in [0.5, 0.6) is 0 Å². The number of amides is 1. The summed E-state index contributed by atoms with van der Waals surface area (Å²) in [6, 6.07) is 16.5. The second kappa shape index (κ2) is 4.49. The van der Waals surface area contributed by atoms with E-state index in [9.17, 15) is 4.79 Å². The number of fused-ring (bicyclic) bond motifs is 1. The van der Waals surface area contributed by atoms with Crippen molar-refractivity contribution in [2.75, 3.05) is 11.1 Å². The first-order chi connectivity index (χ1) is 9.25. The van der Waals surface area contributed by atoms with Crippen LogP contribution in [0.15, 0.2) is 59.0 Å². The number of carbonyl (C=O) groups is 1. The zero-order valence-electron chi connectivity index (χ0n) is 10.1. The maximum atomic E-state index is 12.1. The number of nitrogens with two attached hydrogens (primary N) is 1. The smallest absolute Gasteiger partial charge is 0.293 e. The molecule has 0 aliphatic heterocycles. The summed E-state index contributed by atoms with van der Waals surface area (Å²) in [5.74, 6) is -0.204. The molecule has 0 aliphatic rings. The first kappa shape index (κ1) is 11.3. The number of furan rings is 1. The van der Waals surface area contributed by atoms with Gasteiger partial charge in [-0.1, -0.05) is 30.3 Å². The van der Waals surface area contributed by atoms with Crippen LogP contribution in [0.4, 0.5) is 11.4 Å². The van der Waals surface area contributed by atoms with Gasteiger partial charge >= 0.3 is 0 Å². The van der Waals surface area contributed by atoms with E-state index in [4.69, 9.17) is 10.2 Å². The average molecular weight is 252 g/mol. The van der Waals surface area contributed by atoms with Crippen molar-refractivity contribution >= 4 is 28.3 Å². The molecule has 19 heavy (non-hydrogen) atoms. The number of nitrogen functional groups attached to an aromatic ring is 1. The second-order valence-electron chi connectivity index (χ2n) is 4.16. The highest BCUT2D eigenvalue weighted by atomic mass is 16.3. The second-order valence-corrected chi connectivity index (χ2v) is 4.16. The number of hydrogen-bond acceptors (Lipinski definition) is 3. The fourth-order valence-corrected chi connectivity index (χ4v) is 1.94. The summed E-state index contributed by atoms with van der Waals surface area (Å²) in [6.45, 7) is 0. The zero-order chi connectivity index (χ0) is 13.2. The van der Waals surface area contributed by atoms with Gasteiger partial charge in [0.25, 0.3) is 5.91 Å². The maximum Gasteiger partial charge on any atom is 0.293 e. The van der Waals surface area contributed by atoms with Crippen LogP contribution in [0.25, 0.3) is 11.0 Å². The van der Waals surface area contributed by atoms with Crippen molar-refractivity contribution in [1.82, 2.24) is 0 Å². The number of benzene rings is 2. The van der Waals surface area contributed by atoms with E-state index in [1.165, 1.54) is 0 Å². The summed E-state index contributed by atoms with van der Waals surface area (Å²) in [6.07, 6.45) is 0. The predicted octanol–water partition coefficient (Wildman–Crippen LogP) is 3.27. The molecule has 3 rings (SSSR count). The van der Waals surface area contributed by atoms with Gasteiger partial charge in [-0.2, -0.15) is 0 Å². The summed E-state index contributed by atoms with van der Waals surface area (Å²) in [7, 11) is 0. The quantitative estimate of drug-likeness (QED) is 0.735. The summed E-state index contributed by atoms with van der Waals surface area (Å²) < 4.78 is 5.50. The van der Waals surface area contributed by atoms with Crippen molar-refractivity contribution in [3.05, 3.63) is 60.4 Å². The van der Waals surface area contributed by atoms with E-state index >= 15 is 0 Å². The van der Waals surface area contributed by atoms with Crippen LogP contribution in [-0.4, -0.2) is 5.91 Å². The molecule has 1 heterocycles. The molecule has 1 aromatic heterocycles. The number of rotatable bonds is 2. The number of hydrogen-bond donors (Lipinski definition) is 2. The van der Waals surface area contributed by atoms with Gasteiger partial charge in [-0.15, -0.1) is 0 Å². The highest BCUT2D eigenvalue weighted by Crippen LogP contribution is 2.28. The molecule has 0 atom stereocenters. The van der Waals surface area contributed by atoms with E-state index in [1.54, 1.807) is 18.2 Å². The molecular formula is C15H12N2O2. The van der Waals surface area contributed by atoms with E-state index in [0.717, 1.165) is 5.39 Å². The number of para-hydroxylation sites is 2.